The highest BCUT2D eigenvalue weighted by atomic mass is 32.2. The van der Waals surface area contributed by atoms with Crippen molar-refractivity contribution < 1.29 is 13.2 Å². The first-order valence-corrected chi connectivity index (χ1v) is 14.2. The number of fused-ring (bicyclic) bond motifs is 3. The molecule has 6 nitrogen and oxygen atoms in total. The van der Waals surface area contributed by atoms with Crippen LogP contribution in [0.2, 0.25) is 0 Å². The van der Waals surface area contributed by atoms with Gasteiger partial charge < -0.3 is 5.32 Å². The summed E-state index contributed by atoms with van der Waals surface area (Å²) in [6, 6.07) is 19.2. The van der Waals surface area contributed by atoms with E-state index in [1.54, 1.807) is 12.1 Å². The molecular formula is C24H23N3O3S3. The second-order valence-electron chi connectivity index (χ2n) is 7.97. The van der Waals surface area contributed by atoms with Gasteiger partial charge >= 0.3 is 0 Å². The second kappa shape index (κ2) is 9.06. The van der Waals surface area contributed by atoms with E-state index in [1.807, 2.05) is 42.7 Å². The third kappa shape index (κ3) is 4.26. The highest BCUT2D eigenvalue weighted by Gasteiger charge is 2.33. The molecule has 1 fully saturated rings. The molecule has 1 amide bonds. The van der Waals surface area contributed by atoms with Crippen LogP contribution < -0.4 is 5.32 Å². The second-order valence-corrected chi connectivity index (χ2v) is 11.7. The van der Waals surface area contributed by atoms with Crippen LogP contribution in [0, 0.1) is 5.92 Å². The van der Waals surface area contributed by atoms with Crippen LogP contribution in [0.4, 0.5) is 5.13 Å². The van der Waals surface area contributed by atoms with Crippen molar-refractivity contribution in [2.75, 3.05) is 24.7 Å². The standard InChI is InChI=1S/C24H23N3O3S3/c1-31-20-8-4-5-9-21(20)33(29,30)27-14-12-17(13-15-27)23(28)26-24-25-19-11-10-16-6-2-3-7-18(16)22(19)32-24/h2-11,17H,12-15H2,1H3,(H,25,26,28). The lowest BCUT2D eigenvalue weighted by molar-refractivity contribution is -0.120. The average molecular weight is 498 g/mol. The molecule has 0 bridgehead atoms. The van der Waals surface area contributed by atoms with E-state index in [0.717, 1.165) is 25.9 Å². The van der Waals surface area contributed by atoms with Crippen LogP contribution in [0.5, 0.6) is 0 Å². The predicted octanol–water partition coefficient (Wildman–Crippen LogP) is 5.21. The fraction of sp³-hybridized carbons (Fsp3) is 0.250. The minimum atomic E-state index is -3.58. The molecule has 9 heteroatoms. The highest BCUT2D eigenvalue weighted by molar-refractivity contribution is 7.99. The summed E-state index contributed by atoms with van der Waals surface area (Å²) in [5.74, 6) is -0.337. The van der Waals surface area contributed by atoms with Gasteiger partial charge in [-0.1, -0.05) is 53.8 Å². The van der Waals surface area contributed by atoms with Crippen molar-refractivity contribution in [3.8, 4) is 0 Å². The maximum atomic E-state index is 13.1. The fourth-order valence-corrected chi connectivity index (χ4v) is 7.84. The van der Waals surface area contributed by atoms with Crippen molar-refractivity contribution in [2.24, 2.45) is 5.92 Å². The molecule has 0 radical (unpaired) electrons. The van der Waals surface area contributed by atoms with Gasteiger partial charge in [0, 0.05) is 29.3 Å². The number of aromatic nitrogens is 1. The van der Waals surface area contributed by atoms with Crippen LogP contribution in [0.1, 0.15) is 12.8 Å². The number of piperidine rings is 1. The minimum absolute atomic E-state index is 0.0973. The Kier molecular flexibility index (Phi) is 6.13. The van der Waals surface area contributed by atoms with Crippen LogP contribution in [0.25, 0.3) is 21.0 Å². The lowest BCUT2D eigenvalue weighted by Crippen LogP contribution is -2.41. The fourth-order valence-electron chi connectivity index (χ4n) is 4.25. The van der Waals surface area contributed by atoms with E-state index < -0.39 is 10.0 Å². The van der Waals surface area contributed by atoms with Crippen LogP contribution in [0.15, 0.2) is 70.5 Å². The predicted molar refractivity (Wildman–Crippen MR) is 135 cm³/mol. The first kappa shape index (κ1) is 22.3. The van der Waals surface area contributed by atoms with Crippen molar-refractivity contribution in [3.63, 3.8) is 0 Å². The lowest BCUT2D eigenvalue weighted by atomic mass is 9.97. The van der Waals surface area contributed by atoms with Crippen LogP contribution in [-0.4, -0.2) is 43.0 Å². The molecular weight excluding hydrogens is 474 g/mol. The molecule has 3 aromatic carbocycles. The number of nitrogens with zero attached hydrogens (tertiary/aromatic N) is 2. The molecule has 1 aliphatic heterocycles. The van der Waals surface area contributed by atoms with Crippen molar-refractivity contribution >= 4 is 65.1 Å². The molecule has 0 saturated carbocycles. The topological polar surface area (TPSA) is 79.4 Å². The normalized spacial score (nSPS) is 15.8. The third-order valence-corrected chi connectivity index (χ3v) is 9.92. The average Bonchev–Trinajstić information content (AvgIpc) is 3.27. The monoisotopic (exact) mass is 497 g/mol. The Morgan fingerprint density at radius 1 is 1.06 bits per heavy atom. The number of nitrogens with one attached hydrogen (secondary N) is 1. The number of amides is 1. The number of thioether (sulfide) groups is 1. The Balaban J connectivity index is 1.28. The van der Waals surface area contributed by atoms with Gasteiger partial charge in [0.25, 0.3) is 0 Å². The Bertz CT molecular complexity index is 1440. The van der Waals surface area contributed by atoms with Crippen molar-refractivity contribution in [1.82, 2.24) is 9.29 Å². The van der Waals surface area contributed by atoms with Crippen molar-refractivity contribution in [3.05, 3.63) is 60.7 Å². The van der Waals surface area contributed by atoms with E-state index in [1.165, 1.54) is 27.4 Å². The molecule has 0 unspecified atom stereocenters. The first-order valence-electron chi connectivity index (χ1n) is 10.7. The number of thiazole rings is 1. The Morgan fingerprint density at radius 3 is 2.58 bits per heavy atom. The van der Waals surface area contributed by atoms with E-state index in [-0.39, 0.29) is 11.8 Å². The van der Waals surface area contributed by atoms with Gasteiger partial charge in [-0.2, -0.15) is 4.31 Å². The van der Waals surface area contributed by atoms with E-state index in [0.29, 0.717) is 36.0 Å². The molecule has 0 aliphatic carbocycles. The van der Waals surface area contributed by atoms with Crippen LogP contribution >= 0.6 is 23.1 Å². The number of carbonyl (C=O) groups excluding carboxylic acids is 1. The maximum absolute atomic E-state index is 13.1. The lowest BCUT2D eigenvalue weighted by Gasteiger charge is -2.30. The van der Waals surface area contributed by atoms with E-state index in [4.69, 9.17) is 0 Å². The molecule has 1 aromatic heterocycles. The van der Waals surface area contributed by atoms with Gasteiger partial charge in [-0.3, -0.25) is 4.79 Å². The number of hydrogen-bond acceptors (Lipinski definition) is 6. The summed E-state index contributed by atoms with van der Waals surface area (Å²) in [5.41, 5.74) is 0.863. The number of hydrogen-bond donors (Lipinski definition) is 1. The zero-order valence-corrected chi connectivity index (χ0v) is 20.5. The summed E-state index contributed by atoms with van der Waals surface area (Å²) in [7, 11) is -3.58. The zero-order valence-electron chi connectivity index (χ0n) is 18.0. The molecule has 0 atom stereocenters. The molecule has 5 rings (SSSR count). The zero-order chi connectivity index (χ0) is 23.0. The van der Waals surface area contributed by atoms with Gasteiger partial charge in [0.15, 0.2) is 5.13 Å². The summed E-state index contributed by atoms with van der Waals surface area (Å²) < 4.78 is 28.8. The largest absolute Gasteiger partial charge is 0.302 e. The Morgan fingerprint density at radius 2 is 1.79 bits per heavy atom. The quantitative estimate of drug-likeness (QED) is 0.383. The van der Waals surface area contributed by atoms with Gasteiger partial charge in [-0.25, -0.2) is 13.4 Å². The SMILES string of the molecule is CSc1ccccc1S(=O)(=O)N1CCC(C(=O)Nc2nc3ccc4ccccc4c3s2)CC1. The van der Waals surface area contributed by atoms with Gasteiger partial charge in [0.1, 0.15) is 0 Å². The first-order chi connectivity index (χ1) is 16.0. The number of anilines is 1. The van der Waals surface area contributed by atoms with Gasteiger partial charge in [0.2, 0.25) is 15.9 Å². The van der Waals surface area contributed by atoms with E-state index in [2.05, 4.69) is 22.4 Å². The molecule has 170 valence electrons. The van der Waals surface area contributed by atoms with Crippen LogP contribution in [-0.2, 0) is 14.8 Å². The van der Waals surface area contributed by atoms with Gasteiger partial charge in [-0.05, 0) is 42.7 Å². The summed E-state index contributed by atoms with van der Waals surface area (Å²) in [6.45, 7) is 0.654. The summed E-state index contributed by atoms with van der Waals surface area (Å²) in [5, 5.41) is 5.81. The molecule has 1 aliphatic rings. The molecule has 0 spiro atoms. The third-order valence-electron chi connectivity index (χ3n) is 6.02. The molecule has 4 aromatic rings. The Labute approximate surface area is 201 Å². The summed E-state index contributed by atoms with van der Waals surface area (Å²) in [4.78, 5) is 18.6. The number of sulfonamides is 1. The van der Waals surface area contributed by atoms with Crippen molar-refractivity contribution in [1.29, 1.82) is 0 Å². The van der Waals surface area contributed by atoms with Crippen LogP contribution in [0.3, 0.4) is 0 Å². The minimum Gasteiger partial charge on any atom is -0.302 e. The van der Waals surface area contributed by atoms with Gasteiger partial charge in [-0.15, -0.1) is 11.8 Å². The molecule has 33 heavy (non-hydrogen) atoms. The molecule has 2 heterocycles. The molecule has 1 N–H and O–H groups in total. The number of rotatable bonds is 5. The van der Waals surface area contributed by atoms with E-state index >= 15 is 0 Å². The smallest absolute Gasteiger partial charge is 0.244 e. The van der Waals surface area contributed by atoms with Gasteiger partial charge in [0.05, 0.1) is 15.1 Å². The maximum Gasteiger partial charge on any atom is 0.244 e. The summed E-state index contributed by atoms with van der Waals surface area (Å²) >= 11 is 2.89. The van der Waals surface area contributed by atoms with E-state index in [9.17, 15) is 13.2 Å². The molecule has 1 saturated heterocycles. The van der Waals surface area contributed by atoms with Crippen molar-refractivity contribution in [2.45, 2.75) is 22.6 Å². The Hall–Kier alpha value is -2.46. The number of benzene rings is 3. The summed E-state index contributed by atoms with van der Waals surface area (Å²) in [6.07, 6.45) is 2.84. The highest BCUT2D eigenvalue weighted by Crippen LogP contribution is 2.34. The number of carbonyl (C=O) groups is 1.